The Balaban J connectivity index is 2.04. The molecule has 0 radical (unpaired) electrons. The Morgan fingerprint density at radius 3 is 2.86 bits per heavy atom. The van der Waals surface area contributed by atoms with E-state index in [1.54, 1.807) is 18.0 Å². The first kappa shape index (κ1) is 9.99. The Bertz CT molecular complexity index is 350. The predicted molar refractivity (Wildman–Crippen MR) is 64.7 cm³/mol. The van der Waals surface area contributed by atoms with E-state index >= 15 is 0 Å². The smallest absolute Gasteiger partial charge is 0.0649 e. The van der Waals surface area contributed by atoms with Crippen molar-refractivity contribution in [1.29, 1.82) is 0 Å². The molecule has 14 heavy (non-hydrogen) atoms. The summed E-state index contributed by atoms with van der Waals surface area (Å²) in [5.74, 6) is 0. The lowest BCUT2D eigenvalue weighted by atomic mass is 10.3. The summed E-state index contributed by atoms with van der Waals surface area (Å²) in [6, 6.07) is 5.48. The van der Waals surface area contributed by atoms with Gasteiger partial charge < -0.3 is 10.5 Å². The number of nitrogen functional groups attached to an aromatic ring is 1. The SMILES string of the molecule is CC1(SNc2cc(N)ccc2Cl)CC1. The number of nitrogens with two attached hydrogens (primary N) is 1. The number of halogens is 1. The van der Waals surface area contributed by atoms with Crippen molar-refractivity contribution >= 4 is 34.9 Å². The minimum absolute atomic E-state index is 0.397. The molecule has 0 amide bonds. The van der Waals surface area contributed by atoms with E-state index in [-0.39, 0.29) is 0 Å². The summed E-state index contributed by atoms with van der Waals surface area (Å²) in [7, 11) is 0. The topological polar surface area (TPSA) is 38.0 Å². The van der Waals surface area contributed by atoms with Gasteiger partial charge in [-0.15, -0.1) is 0 Å². The summed E-state index contributed by atoms with van der Waals surface area (Å²) >= 11 is 7.74. The van der Waals surface area contributed by atoms with E-state index in [9.17, 15) is 0 Å². The molecule has 1 aliphatic carbocycles. The lowest BCUT2D eigenvalue weighted by molar-refractivity contribution is 1.05. The van der Waals surface area contributed by atoms with Crippen LogP contribution < -0.4 is 10.5 Å². The van der Waals surface area contributed by atoms with E-state index in [2.05, 4.69) is 11.6 Å². The summed E-state index contributed by atoms with van der Waals surface area (Å²) < 4.78 is 3.66. The van der Waals surface area contributed by atoms with Crippen molar-refractivity contribution < 1.29 is 0 Å². The van der Waals surface area contributed by atoms with Gasteiger partial charge >= 0.3 is 0 Å². The minimum Gasteiger partial charge on any atom is -0.399 e. The highest BCUT2D eigenvalue weighted by Gasteiger charge is 2.38. The van der Waals surface area contributed by atoms with E-state index in [0.717, 1.165) is 16.4 Å². The van der Waals surface area contributed by atoms with Crippen LogP contribution in [0.1, 0.15) is 19.8 Å². The number of nitrogens with one attached hydrogen (secondary N) is 1. The van der Waals surface area contributed by atoms with E-state index in [0.29, 0.717) is 4.75 Å². The summed E-state index contributed by atoms with van der Waals surface area (Å²) in [5, 5.41) is 0.718. The highest BCUT2D eigenvalue weighted by atomic mass is 35.5. The third kappa shape index (κ3) is 2.28. The summed E-state index contributed by atoms with van der Waals surface area (Å²) in [6.45, 7) is 2.24. The molecule has 1 aliphatic rings. The number of rotatable bonds is 3. The average molecular weight is 229 g/mol. The van der Waals surface area contributed by atoms with Gasteiger partial charge in [-0.25, -0.2) is 0 Å². The molecule has 0 heterocycles. The molecule has 1 aromatic rings. The van der Waals surface area contributed by atoms with Crippen LogP contribution in [0.2, 0.25) is 5.02 Å². The molecular weight excluding hydrogens is 216 g/mol. The van der Waals surface area contributed by atoms with E-state index in [4.69, 9.17) is 17.3 Å². The second-order valence-corrected chi connectivity index (χ2v) is 5.69. The first-order valence-electron chi connectivity index (χ1n) is 4.58. The lowest BCUT2D eigenvalue weighted by Gasteiger charge is -2.11. The van der Waals surface area contributed by atoms with Crippen LogP contribution >= 0.6 is 23.5 Å². The van der Waals surface area contributed by atoms with Gasteiger partial charge in [-0.1, -0.05) is 11.6 Å². The van der Waals surface area contributed by atoms with Gasteiger partial charge in [0.2, 0.25) is 0 Å². The quantitative estimate of drug-likeness (QED) is 0.614. The zero-order valence-corrected chi connectivity index (χ0v) is 9.58. The summed E-state index contributed by atoms with van der Waals surface area (Å²) in [6.07, 6.45) is 2.54. The van der Waals surface area contributed by atoms with E-state index in [1.165, 1.54) is 12.8 Å². The first-order chi connectivity index (χ1) is 6.59. The van der Waals surface area contributed by atoms with Gasteiger partial charge in [0.25, 0.3) is 0 Å². The van der Waals surface area contributed by atoms with Crippen molar-refractivity contribution in [3.05, 3.63) is 23.2 Å². The van der Waals surface area contributed by atoms with Crippen LogP contribution in [0.25, 0.3) is 0 Å². The fraction of sp³-hybridized carbons (Fsp3) is 0.400. The third-order valence-corrected chi connectivity index (χ3v) is 3.90. The molecule has 0 bridgehead atoms. The highest BCUT2D eigenvalue weighted by Crippen LogP contribution is 2.48. The first-order valence-corrected chi connectivity index (χ1v) is 5.78. The molecule has 0 spiro atoms. The summed E-state index contributed by atoms with van der Waals surface area (Å²) in [5.41, 5.74) is 7.32. The maximum absolute atomic E-state index is 6.01. The molecule has 0 aliphatic heterocycles. The molecule has 3 N–H and O–H groups in total. The Morgan fingerprint density at radius 2 is 2.21 bits per heavy atom. The molecular formula is C10H13ClN2S. The number of anilines is 2. The number of hydrogen-bond acceptors (Lipinski definition) is 3. The van der Waals surface area contributed by atoms with Gasteiger partial charge in [-0.05, 0) is 49.9 Å². The second-order valence-electron chi connectivity index (χ2n) is 3.89. The normalized spacial score (nSPS) is 17.9. The Kier molecular flexibility index (Phi) is 2.54. The Labute approximate surface area is 93.3 Å². The second kappa shape index (κ2) is 3.55. The molecule has 76 valence electrons. The number of hydrogen-bond donors (Lipinski definition) is 2. The molecule has 4 heteroatoms. The zero-order valence-electron chi connectivity index (χ0n) is 8.01. The van der Waals surface area contributed by atoms with Crippen molar-refractivity contribution in [1.82, 2.24) is 0 Å². The van der Waals surface area contributed by atoms with Gasteiger partial charge in [0, 0.05) is 10.4 Å². The van der Waals surface area contributed by atoms with Gasteiger partial charge in [0.15, 0.2) is 0 Å². The minimum atomic E-state index is 0.397. The van der Waals surface area contributed by atoms with Crippen molar-refractivity contribution in [3.63, 3.8) is 0 Å². The standard InChI is InChI=1S/C10H13ClN2S/c1-10(4-5-10)14-13-9-6-7(12)2-3-8(9)11/h2-3,6,13H,4-5,12H2,1H3. The van der Waals surface area contributed by atoms with Crippen molar-refractivity contribution in [2.75, 3.05) is 10.5 Å². The van der Waals surface area contributed by atoms with Crippen LogP contribution in [0.15, 0.2) is 18.2 Å². The number of benzene rings is 1. The van der Waals surface area contributed by atoms with Gasteiger partial charge in [-0.3, -0.25) is 0 Å². The molecule has 1 saturated carbocycles. The van der Waals surface area contributed by atoms with Crippen molar-refractivity contribution in [2.24, 2.45) is 0 Å². The van der Waals surface area contributed by atoms with Crippen LogP contribution in [0.5, 0.6) is 0 Å². The monoisotopic (exact) mass is 228 g/mol. The van der Waals surface area contributed by atoms with Gasteiger partial charge in [-0.2, -0.15) is 0 Å². The van der Waals surface area contributed by atoms with Crippen molar-refractivity contribution in [3.8, 4) is 0 Å². The Hall–Kier alpha value is -0.540. The third-order valence-electron chi connectivity index (χ3n) is 2.35. The van der Waals surface area contributed by atoms with Crippen LogP contribution in [-0.4, -0.2) is 4.75 Å². The molecule has 0 saturated heterocycles. The predicted octanol–water partition coefficient (Wildman–Crippen LogP) is 3.53. The molecule has 0 unspecified atom stereocenters. The van der Waals surface area contributed by atoms with Crippen LogP contribution in [-0.2, 0) is 0 Å². The van der Waals surface area contributed by atoms with Crippen LogP contribution in [0, 0.1) is 0 Å². The molecule has 1 fully saturated rings. The van der Waals surface area contributed by atoms with Crippen molar-refractivity contribution in [2.45, 2.75) is 24.5 Å². The largest absolute Gasteiger partial charge is 0.399 e. The molecule has 2 nitrogen and oxygen atoms in total. The zero-order chi connectivity index (χ0) is 10.2. The fourth-order valence-corrected chi connectivity index (χ4v) is 2.13. The fourth-order valence-electron chi connectivity index (χ4n) is 1.08. The molecule has 0 atom stereocenters. The van der Waals surface area contributed by atoms with Crippen LogP contribution in [0.4, 0.5) is 11.4 Å². The summed E-state index contributed by atoms with van der Waals surface area (Å²) in [4.78, 5) is 0. The molecule has 0 aromatic heterocycles. The maximum atomic E-state index is 6.01. The van der Waals surface area contributed by atoms with E-state index < -0.39 is 0 Å². The highest BCUT2D eigenvalue weighted by molar-refractivity contribution is 8.02. The molecule has 1 aromatic carbocycles. The maximum Gasteiger partial charge on any atom is 0.0649 e. The lowest BCUT2D eigenvalue weighted by Crippen LogP contribution is -2.00. The molecule has 2 rings (SSSR count). The van der Waals surface area contributed by atoms with E-state index in [1.807, 2.05) is 12.1 Å². The van der Waals surface area contributed by atoms with Gasteiger partial charge in [0.1, 0.15) is 0 Å². The van der Waals surface area contributed by atoms with Crippen LogP contribution in [0.3, 0.4) is 0 Å². The average Bonchev–Trinajstić information content (AvgIpc) is 2.87. The Morgan fingerprint density at radius 1 is 1.50 bits per heavy atom. The van der Waals surface area contributed by atoms with Gasteiger partial charge in [0.05, 0.1) is 10.7 Å².